The first-order chi connectivity index (χ1) is 10.8. The third-order valence-corrected chi connectivity index (χ3v) is 3.68. The Labute approximate surface area is 138 Å². The zero-order valence-corrected chi connectivity index (χ0v) is 14.5. The van der Waals surface area contributed by atoms with Crippen LogP contribution in [-0.4, -0.2) is 31.1 Å². The van der Waals surface area contributed by atoms with E-state index in [-0.39, 0.29) is 23.8 Å². The molecule has 0 saturated heterocycles. The van der Waals surface area contributed by atoms with Crippen LogP contribution in [0.1, 0.15) is 33.3 Å². The second-order valence-corrected chi connectivity index (χ2v) is 6.73. The highest BCUT2D eigenvalue weighted by atomic mass is 16.5. The lowest BCUT2D eigenvalue weighted by molar-refractivity contribution is -0.147. The zero-order valence-electron chi connectivity index (χ0n) is 14.5. The van der Waals surface area contributed by atoms with Crippen LogP contribution < -0.4 is 11.1 Å². The SMILES string of the molecule is CCOC(=O)C(CNC(=O)[C@@H](N)C(C)(C)C)Cc1ccccc1. The second-order valence-electron chi connectivity index (χ2n) is 6.73. The van der Waals surface area contributed by atoms with Crippen molar-refractivity contribution in [1.29, 1.82) is 0 Å². The normalized spacial score (nSPS) is 14.0. The molecule has 0 fully saturated rings. The molecule has 3 N–H and O–H groups in total. The fourth-order valence-electron chi connectivity index (χ4n) is 2.12. The molecule has 0 saturated carbocycles. The van der Waals surface area contributed by atoms with Crippen LogP contribution in [0.2, 0.25) is 0 Å². The lowest BCUT2D eigenvalue weighted by Crippen LogP contribution is -2.50. The number of carbonyl (C=O) groups excluding carboxylic acids is 2. The van der Waals surface area contributed by atoms with Crippen LogP contribution in [0, 0.1) is 11.3 Å². The molecular formula is C18H28N2O3. The van der Waals surface area contributed by atoms with Crippen molar-refractivity contribution >= 4 is 11.9 Å². The summed E-state index contributed by atoms with van der Waals surface area (Å²) in [5.41, 5.74) is 6.64. The van der Waals surface area contributed by atoms with Crippen molar-refractivity contribution in [2.45, 2.75) is 40.2 Å². The maximum Gasteiger partial charge on any atom is 0.311 e. The summed E-state index contributed by atoms with van der Waals surface area (Å²) < 4.78 is 5.11. The number of amides is 1. The Bertz CT molecular complexity index is 509. The molecule has 1 aromatic carbocycles. The van der Waals surface area contributed by atoms with Crippen molar-refractivity contribution in [3.63, 3.8) is 0 Å². The zero-order chi connectivity index (χ0) is 17.5. The van der Waals surface area contributed by atoms with Gasteiger partial charge in [0.2, 0.25) is 5.91 Å². The van der Waals surface area contributed by atoms with Gasteiger partial charge in [0.1, 0.15) is 0 Å². The molecule has 5 heteroatoms. The van der Waals surface area contributed by atoms with Gasteiger partial charge >= 0.3 is 5.97 Å². The molecule has 0 aromatic heterocycles. The number of benzene rings is 1. The standard InChI is InChI=1S/C18H28N2O3/c1-5-23-17(22)14(11-13-9-7-6-8-10-13)12-20-16(21)15(19)18(2,3)4/h6-10,14-15H,5,11-12,19H2,1-4H3,(H,20,21)/t14?,15-/m1/s1. The number of nitrogens with two attached hydrogens (primary N) is 1. The average molecular weight is 320 g/mol. The minimum absolute atomic E-state index is 0.219. The van der Waals surface area contributed by atoms with E-state index in [2.05, 4.69) is 5.32 Å². The predicted molar refractivity (Wildman–Crippen MR) is 90.7 cm³/mol. The molecule has 0 bridgehead atoms. The Morgan fingerprint density at radius 1 is 1.22 bits per heavy atom. The summed E-state index contributed by atoms with van der Waals surface area (Å²) in [6, 6.07) is 9.05. The number of ether oxygens (including phenoxy) is 1. The first-order valence-corrected chi connectivity index (χ1v) is 7.99. The number of hydrogen-bond acceptors (Lipinski definition) is 4. The molecule has 0 heterocycles. The van der Waals surface area contributed by atoms with Gasteiger partial charge in [-0.25, -0.2) is 0 Å². The monoisotopic (exact) mass is 320 g/mol. The van der Waals surface area contributed by atoms with Gasteiger partial charge in [-0.05, 0) is 24.3 Å². The highest BCUT2D eigenvalue weighted by Crippen LogP contribution is 2.17. The summed E-state index contributed by atoms with van der Waals surface area (Å²) in [5, 5.41) is 2.78. The number of nitrogens with one attached hydrogen (secondary N) is 1. The third-order valence-electron chi connectivity index (χ3n) is 3.68. The summed E-state index contributed by atoms with van der Waals surface area (Å²) >= 11 is 0. The fourth-order valence-corrected chi connectivity index (χ4v) is 2.12. The molecule has 128 valence electrons. The lowest BCUT2D eigenvalue weighted by atomic mass is 9.87. The topological polar surface area (TPSA) is 81.4 Å². The molecule has 1 unspecified atom stereocenters. The second kappa shape index (κ2) is 8.67. The summed E-state index contributed by atoms with van der Waals surface area (Å²) in [5.74, 6) is -0.977. The van der Waals surface area contributed by atoms with Gasteiger partial charge < -0.3 is 15.8 Å². The molecule has 0 aliphatic heterocycles. The Hall–Kier alpha value is -1.88. The molecule has 1 rings (SSSR count). The maximum absolute atomic E-state index is 12.1. The molecule has 1 aromatic rings. The van der Waals surface area contributed by atoms with Crippen molar-refractivity contribution in [2.24, 2.45) is 17.1 Å². The van der Waals surface area contributed by atoms with E-state index in [9.17, 15) is 9.59 Å². The molecule has 0 spiro atoms. The number of rotatable bonds is 7. The molecular weight excluding hydrogens is 292 g/mol. The van der Waals surface area contributed by atoms with Gasteiger partial charge in [-0.2, -0.15) is 0 Å². The van der Waals surface area contributed by atoms with Gasteiger partial charge in [-0.15, -0.1) is 0 Å². The Morgan fingerprint density at radius 3 is 2.35 bits per heavy atom. The van der Waals surface area contributed by atoms with E-state index in [1.807, 2.05) is 51.1 Å². The maximum atomic E-state index is 12.1. The van der Waals surface area contributed by atoms with E-state index in [0.29, 0.717) is 13.0 Å². The minimum Gasteiger partial charge on any atom is -0.466 e. The van der Waals surface area contributed by atoms with Crippen LogP contribution in [0.5, 0.6) is 0 Å². The van der Waals surface area contributed by atoms with Crippen molar-refractivity contribution in [1.82, 2.24) is 5.32 Å². The fraction of sp³-hybridized carbons (Fsp3) is 0.556. The van der Waals surface area contributed by atoms with Gasteiger partial charge in [0.15, 0.2) is 0 Å². The summed E-state index contributed by atoms with van der Waals surface area (Å²) in [7, 11) is 0. The van der Waals surface area contributed by atoms with Crippen molar-refractivity contribution < 1.29 is 14.3 Å². The van der Waals surface area contributed by atoms with Gasteiger partial charge in [0.25, 0.3) is 0 Å². The first kappa shape index (κ1) is 19.2. The molecule has 1 amide bonds. The largest absolute Gasteiger partial charge is 0.466 e. The van der Waals surface area contributed by atoms with Crippen LogP contribution in [0.4, 0.5) is 0 Å². The molecule has 0 aliphatic carbocycles. The van der Waals surface area contributed by atoms with Gasteiger partial charge in [0.05, 0.1) is 18.6 Å². The Balaban J connectivity index is 2.70. The van der Waals surface area contributed by atoms with Crippen LogP contribution in [0.3, 0.4) is 0 Å². The van der Waals surface area contributed by atoms with E-state index in [1.165, 1.54) is 0 Å². The van der Waals surface area contributed by atoms with Gasteiger partial charge in [-0.3, -0.25) is 9.59 Å². The highest BCUT2D eigenvalue weighted by Gasteiger charge is 2.29. The van der Waals surface area contributed by atoms with Gasteiger partial charge in [0, 0.05) is 6.54 Å². The molecule has 0 aliphatic rings. The molecule has 2 atom stereocenters. The van der Waals surface area contributed by atoms with Gasteiger partial charge in [-0.1, -0.05) is 51.1 Å². The van der Waals surface area contributed by atoms with E-state index >= 15 is 0 Å². The van der Waals surface area contributed by atoms with Crippen LogP contribution in [0.15, 0.2) is 30.3 Å². The predicted octanol–water partition coefficient (Wildman–Crippen LogP) is 1.90. The smallest absolute Gasteiger partial charge is 0.311 e. The van der Waals surface area contributed by atoms with Crippen LogP contribution in [-0.2, 0) is 20.7 Å². The van der Waals surface area contributed by atoms with Crippen molar-refractivity contribution in [3.8, 4) is 0 Å². The number of carbonyl (C=O) groups is 2. The average Bonchev–Trinajstić information content (AvgIpc) is 2.50. The van der Waals surface area contributed by atoms with Crippen molar-refractivity contribution in [3.05, 3.63) is 35.9 Å². The van der Waals surface area contributed by atoms with E-state index in [0.717, 1.165) is 5.56 Å². The molecule has 23 heavy (non-hydrogen) atoms. The summed E-state index contributed by atoms with van der Waals surface area (Å²) in [4.78, 5) is 24.3. The summed E-state index contributed by atoms with van der Waals surface area (Å²) in [6.07, 6.45) is 0.519. The van der Waals surface area contributed by atoms with E-state index in [4.69, 9.17) is 10.5 Å². The summed E-state index contributed by atoms with van der Waals surface area (Å²) in [6.45, 7) is 8.03. The third kappa shape index (κ3) is 6.40. The Kier molecular flexibility index (Phi) is 7.23. The van der Waals surface area contributed by atoms with E-state index < -0.39 is 12.0 Å². The molecule has 0 radical (unpaired) electrons. The quantitative estimate of drug-likeness (QED) is 0.752. The Morgan fingerprint density at radius 2 is 1.83 bits per heavy atom. The van der Waals surface area contributed by atoms with Crippen LogP contribution >= 0.6 is 0 Å². The van der Waals surface area contributed by atoms with Crippen molar-refractivity contribution in [2.75, 3.05) is 13.2 Å². The first-order valence-electron chi connectivity index (χ1n) is 7.99. The number of hydrogen-bond donors (Lipinski definition) is 2. The molecule has 5 nitrogen and oxygen atoms in total. The lowest BCUT2D eigenvalue weighted by Gasteiger charge is -2.26. The number of esters is 1. The minimum atomic E-state index is -0.623. The van der Waals surface area contributed by atoms with E-state index in [1.54, 1.807) is 6.92 Å². The van der Waals surface area contributed by atoms with Crippen LogP contribution in [0.25, 0.3) is 0 Å². The highest BCUT2D eigenvalue weighted by molar-refractivity contribution is 5.83.